The molecular formula is C17H14Cl2N2S3. The number of hydrogen-bond acceptors (Lipinski definition) is 5. The molecule has 0 atom stereocenters. The summed E-state index contributed by atoms with van der Waals surface area (Å²) >= 11 is 17.3. The molecule has 2 aromatic carbocycles. The van der Waals surface area contributed by atoms with Crippen molar-refractivity contribution >= 4 is 69.2 Å². The van der Waals surface area contributed by atoms with Crippen LogP contribution in [0.15, 0.2) is 69.5 Å². The maximum Gasteiger partial charge on any atom is 0.169 e. The van der Waals surface area contributed by atoms with Crippen LogP contribution in [-0.2, 0) is 11.5 Å². The van der Waals surface area contributed by atoms with Crippen LogP contribution in [0.5, 0.6) is 0 Å². The van der Waals surface area contributed by atoms with E-state index >= 15 is 0 Å². The molecule has 0 bridgehead atoms. The smallest absolute Gasteiger partial charge is 0.169 e. The first-order valence-electron chi connectivity index (χ1n) is 7.20. The van der Waals surface area contributed by atoms with Crippen LogP contribution in [0.1, 0.15) is 11.1 Å². The largest absolute Gasteiger partial charge is 0.183 e. The highest BCUT2D eigenvalue weighted by atomic mass is 35.5. The minimum absolute atomic E-state index is 0.481. The number of thioether (sulfide) groups is 2. The van der Waals surface area contributed by atoms with E-state index in [9.17, 15) is 0 Å². The van der Waals surface area contributed by atoms with Gasteiger partial charge in [0.15, 0.2) is 4.08 Å². The van der Waals surface area contributed by atoms with Gasteiger partial charge in [0.25, 0.3) is 0 Å². The number of benzene rings is 2. The fourth-order valence-corrected chi connectivity index (χ4v) is 6.32. The first-order valence-corrected chi connectivity index (χ1v) is 10.7. The van der Waals surface area contributed by atoms with Crippen molar-refractivity contribution in [1.82, 2.24) is 0 Å². The van der Waals surface area contributed by atoms with Gasteiger partial charge in [-0.2, -0.15) is 8.80 Å². The minimum atomic E-state index is -0.653. The molecule has 1 heterocycles. The number of rotatable bonds is 6. The van der Waals surface area contributed by atoms with Crippen LogP contribution < -0.4 is 0 Å². The van der Waals surface area contributed by atoms with Crippen LogP contribution in [-0.4, -0.2) is 14.4 Å². The fraction of sp³-hybridized carbons (Fsp3) is 0.176. The third-order valence-electron chi connectivity index (χ3n) is 3.35. The summed E-state index contributed by atoms with van der Waals surface area (Å²) in [7, 11) is 0. The molecule has 0 fully saturated rings. The third kappa shape index (κ3) is 4.33. The Morgan fingerprint density at radius 1 is 0.750 bits per heavy atom. The van der Waals surface area contributed by atoms with E-state index in [0.29, 0.717) is 10.3 Å². The molecule has 2 aromatic rings. The van der Waals surface area contributed by atoms with Crippen molar-refractivity contribution in [1.29, 1.82) is 0 Å². The Hall–Kier alpha value is -0.590. The van der Waals surface area contributed by atoms with E-state index in [4.69, 9.17) is 23.2 Å². The summed E-state index contributed by atoms with van der Waals surface area (Å²) in [6.45, 7) is 0. The van der Waals surface area contributed by atoms with Crippen LogP contribution in [0, 0.1) is 0 Å². The Balaban J connectivity index is 1.80. The molecule has 0 saturated heterocycles. The van der Waals surface area contributed by atoms with Gasteiger partial charge < -0.3 is 0 Å². The number of halogens is 2. The standard InChI is InChI=1S/C17H14Cl2N2S3/c18-15-17(16(19)21-24-20-15,22-11-13-7-3-1-4-8-13)23-12-14-9-5-2-6-10-14/h1-10H,11-12H2. The Morgan fingerprint density at radius 3 is 1.58 bits per heavy atom. The molecular weight excluding hydrogens is 399 g/mol. The van der Waals surface area contributed by atoms with Crippen LogP contribution in [0.4, 0.5) is 0 Å². The molecule has 0 amide bonds. The molecule has 0 aliphatic carbocycles. The highest BCUT2D eigenvalue weighted by Gasteiger charge is 2.43. The molecule has 0 aromatic heterocycles. The normalized spacial score (nSPS) is 16.4. The topological polar surface area (TPSA) is 24.7 Å². The van der Waals surface area contributed by atoms with Gasteiger partial charge in [-0.1, -0.05) is 83.9 Å². The van der Waals surface area contributed by atoms with Gasteiger partial charge >= 0.3 is 0 Å². The van der Waals surface area contributed by atoms with Gasteiger partial charge in [-0.05, 0) is 11.1 Å². The zero-order valence-electron chi connectivity index (χ0n) is 12.6. The van der Waals surface area contributed by atoms with E-state index < -0.39 is 4.08 Å². The van der Waals surface area contributed by atoms with Gasteiger partial charge in [0, 0.05) is 11.5 Å². The zero-order chi connectivity index (χ0) is 16.8. The van der Waals surface area contributed by atoms with E-state index in [-0.39, 0.29) is 0 Å². The van der Waals surface area contributed by atoms with E-state index in [1.807, 2.05) is 36.4 Å². The Kier molecular flexibility index (Phi) is 6.58. The average molecular weight is 413 g/mol. The lowest BCUT2D eigenvalue weighted by atomic mass is 10.2. The Morgan fingerprint density at radius 2 is 1.17 bits per heavy atom. The van der Waals surface area contributed by atoms with Crippen LogP contribution in [0.2, 0.25) is 0 Å². The first kappa shape index (κ1) is 18.2. The molecule has 0 N–H and O–H groups in total. The summed E-state index contributed by atoms with van der Waals surface area (Å²) in [6, 6.07) is 20.5. The van der Waals surface area contributed by atoms with Gasteiger partial charge in [0.05, 0.1) is 0 Å². The summed E-state index contributed by atoms with van der Waals surface area (Å²) in [6.07, 6.45) is 0. The van der Waals surface area contributed by atoms with Crippen LogP contribution in [0.25, 0.3) is 0 Å². The molecule has 1 aliphatic heterocycles. The first-order chi connectivity index (χ1) is 11.7. The van der Waals surface area contributed by atoms with Crippen molar-refractivity contribution in [2.75, 3.05) is 0 Å². The van der Waals surface area contributed by atoms with Crippen molar-refractivity contribution in [3.8, 4) is 0 Å². The Bertz CT molecular complexity index is 673. The second-order valence-electron chi connectivity index (χ2n) is 5.01. The maximum absolute atomic E-state index is 6.49. The summed E-state index contributed by atoms with van der Waals surface area (Å²) < 4.78 is 7.83. The van der Waals surface area contributed by atoms with Crippen LogP contribution >= 0.6 is 58.9 Å². The van der Waals surface area contributed by atoms with Crippen molar-refractivity contribution < 1.29 is 0 Å². The summed E-state index contributed by atoms with van der Waals surface area (Å²) in [4.78, 5) is 0. The lowest BCUT2D eigenvalue weighted by Crippen LogP contribution is -2.36. The van der Waals surface area contributed by atoms with Gasteiger partial charge in [-0.15, -0.1) is 23.5 Å². The molecule has 0 radical (unpaired) electrons. The average Bonchev–Trinajstić information content (AvgIpc) is 2.63. The SMILES string of the molecule is ClC1=NSN=C(Cl)C1(SCc1ccccc1)SCc1ccccc1. The molecule has 3 rings (SSSR count). The van der Waals surface area contributed by atoms with Gasteiger partial charge in [0.2, 0.25) is 0 Å². The van der Waals surface area contributed by atoms with Gasteiger partial charge in [-0.25, -0.2) is 0 Å². The molecule has 0 spiro atoms. The minimum Gasteiger partial charge on any atom is -0.183 e. The highest BCUT2D eigenvalue weighted by molar-refractivity contribution is 8.20. The van der Waals surface area contributed by atoms with Gasteiger partial charge in [0.1, 0.15) is 22.5 Å². The van der Waals surface area contributed by atoms with Crippen LogP contribution in [0.3, 0.4) is 0 Å². The van der Waals surface area contributed by atoms with E-state index in [1.165, 1.54) is 11.1 Å². The van der Waals surface area contributed by atoms with E-state index in [0.717, 1.165) is 23.6 Å². The molecule has 0 saturated carbocycles. The number of nitrogens with zero attached hydrogens (tertiary/aromatic N) is 2. The molecule has 24 heavy (non-hydrogen) atoms. The zero-order valence-corrected chi connectivity index (χ0v) is 16.5. The molecule has 2 nitrogen and oxygen atoms in total. The maximum atomic E-state index is 6.49. The second kappa shape index (κ2) is 8.68. The molecule has 1 aliphatic rings. The van der Waals surface area contributed by atoms with Crippen molar-refractivity contribution in [3.05, 3.63) is 71.8 Å². The highest BCUT2D eigenvalue weighted by Crippen LogP contribution is 2.48. The fourth-order valence-electron chi connectivity index (χ4n) is 2.10. The lowest BCUT2D eigenvalue weighted by molar-refractivity contribution is 1.36. The van der Waals surface area contributed by atoms with E-state index in [2.05, 4.69) is 33.1 Å². The predicted molar refractivity (Wildman–Crippen MR) is 112 cm³/mol. The summed E-state index contributed by atoms with van der Waals surface area (Å²) in [5.41, 5.74) is 2.43. The van der Waals surface area contributed by atoms with Crippen molar-refractivity contribution in [2.24, 2.45) is 8.80 Å². The van der Waals surface area contributed by atoms with Gasteiger partial charge in [-0.3, -0.25) is 0 Å². The molecule has 0 unspecified atom stereocenters. The second-order valence-corrected chi connectivity index (χ2v) is 8.89. The Labute approximate surface area is 164 Å². The quantitative estimate of drug-likeness (QED) is 0.405. The summed E-state index contributed by atoms with van der Waals surface area (Å²) in [5.74, 6) is 1.57. The van der Waals surface area contributed by atoms with Crippen molar-refractivity contribution in [3.63, 3.8) is 0 Å². The number of hydrogen-bond donors (Lipinski definition) is 0. The van der Waals surface area contributed by atoms with E-state index in [1.54, 1.807) is 23.5 Å². The molecule has 124 valence electrons. The summed E-state index contributed by atoms with van der Waals surface area (Å²) in [5, 5.41) is 0.962. The molecule has 7 heteroatoms. The predicted octanol–water partition coefficient (Wildman–Crippen LogP) is 6.40. The lowest BCUT2D eigenvalue weighted by Gasteiger charge is -2.31. The monoisotopic (exact) mass is 412 g/mol. The van der Waals surface area contributed by atoms with Crippen molar-refractivity contribution in [2.45, 2.75) is 15.6 Å². The third-order valence-corrected chi connectivity index (χ3v) is 8.52.